The molecule has 1 amide bonds. The predicted octanol–water partition coefficient (Wildman–Crippen LogP) is 3.61. The first-order chi connectivity index (χ1) is 10.3. The molecule has 0 bridgehead atoms. The number of nitrogens with one attached hydrogen (secondary N) is 1. The smallest absolute Gasteiger partial charge is 0.387 e. The molecule has 0 radical (unpaired) electrons. The highest BCUT2D eigenvalue weighted by Crippen LogP contribution is 2.29. The van der Waals surface area contributed by atoms with E-state index in [1.54, 1.807) is 12.1 Å². The fourth-order valence-corrected chi connectivity index (χ4v) is 1.62. The van der Waals surface area contributed by atoms with Gasteiger partial charge in [0.25, 0.3) is 0 Å². The molecule has 1 aromatic carbocycles. The van der Waals surface area contributed by atoms with Crippen molar-refractivity contribution in [2.45, 2.75) is 39.3 Å². The minimum Gasteiger partial charge on any atom is -0.493 e. The summed E-state index contributed by atoms with van der Waals surface area (Å²) in [6.07, 6.45) is 3.77. The molecule has 1 aromatic rings. The molecule has 0 aliphatic heterocycles. The molecule has 1 N–H and O–H groups in total. The van der Waals surface area contributed by atoms with Crippen molar-refractivity contribution in [3.8, 4) is 11.5 Å². The summed E-state index contributed by atoms with van der Waals surface area (Å²) in [5, 5.41) is 2.86. The molecule has 0 atom stereocenters. The van der Waals surface area contributed by atoms with Crippen molar-refractivity contribution in [3.63, 3.8) is 0 Å². The number of amides is 1. The lowest BCUT2D eigenvalue weighted by molar-refractivity contribution is -0.118. The Labute approximate surface area is 129 Å². The van der Waals surface area contributed by atoms with Crippen molar-refractivity contribution in [1.82, 2.24) is 5.32 Å². The number of methoxy groups -OCH3 is 1. The molecule has 22 heavy (non-hydrogen) atoms. The van der Waals surface area contributed by atoms with Gasteiger partial charge in [-0.1, -0.05) is 13.0 Å². The summed E-state index contributed by atoms with van der Waals surface area (Å²) in [5.41, 5.74) is 0.358. The molecule has 122 valence electrons. The number of ether oxygens (including phenoxy) is 2. The quantitative estimate of drug-likeness (QED) is 0.782. The maximum absolute atomic E-state index is 12.2. The number of halogens is 2. The molecule has 0 fully saturated rings. The first-order valence-electron chi connectivity index (χ1n) is 6.90. The molecule has 0 unspecified atom stereocenters. The summed E-state index contributed by atoms with van der Waals surface area (Å²) < 4.78 is 33.8. The average Bonchev–Trinajstić information content (AvgIpc) is 2.45. The molecule has 0 aliphatic rings. The van der Waals surface area contributed by atoms with Gasteiger partial charge >= 0.3 is 6.61 Å². The van der Waals surface area contributed by atoms with Gasteiger partial charge in [0.1, 0.15) is 0 Å². The molecule has 0 aromatic heterocycles. The van der Waals surface area contributed by atoms with Gasteiger partial charge in [0.15, 0.2) is 11.5 Å². The molecule has 1 rings (SSSR count). The van der Waals surface area contributed by atoms with Crippen LogP contribution in [0.1, 0.15) is 32.8 Å². The van der Waals surface area contributed by atoms with Crippen LogP contribution in [0.25, 0.3) is 6.08 Å². The Kier molecular flexibility index (Phi) is 6.34. The van der Waals surface area contributed by atoms with Crippen LogP contribution in [-0.2, 0) is 4.79 Å². The number of hydrogen-bond acceptors (Lipinski definition) is 3. The van der Waals surface area contributed by atoms with E-state index >= 15 is 0 Å². The number of benzene rings is 1. The SMILES string of the molecule is CCC(C)(C)NC(=O)/C=C/c1ccc(OC(F)F)c(OC)c1. The predicted molar refractivity (Wildman–Crippen MR) is 81.2 cm³/mol. The van der Waals surface area contributed by atoms with Gasteiger partial charge < -0.3 is 14.8 Å². The van der Waals surface area contributed by atoms with Crippen LogP contribution in [0.5, 0.6) is 11.5 Å². The van der Waals surface area contributed by atoms with Crippen molar-refractivity contribution in [1.29, 1.82) is 0 Å². The topological polar surface area (TPSA) is 47.6 Å². The van der Waals surface area contributed by atoms with E-state index in [0.717, 1.165) is 6.42 Å². The average molecular weight is 313 g/mol. The lowest BCUT2D eigenvalue weighted by atomic mass is 10.0. The summed E-state index contributed by atoms with van der Waals surface area (Å²) in [6.45, 7) is 2.92. The molecule has 6 heteroatoms. The van der Waals surface area contributed by atoms with Crippen LogP contribution in [0.2, 0.25) is 0 Å². The molecular formula is C16H21F2NO3. The second-order valence-electron chi connectivity index (χ2n) is 5.35. The summed E-state index contributed by atoms with van der Waals surface area (Å²) in [4.78, 5) is 11.8. The number of alkyl halides is 2. The Morgan fingerprint density at radius 3 is 2.59 bits per heavy atom. The van der Waals surface area contributed by atoms with Gasteiger partial charge in [0.2, 0.25) is 5.91 Å². The normalized spacial score (nSPS) is 11.8. The maximum Gasteiger partial charge on any atom is 0.387 e. The first kappa shape index (κ1) is 17.9. The highest BCUT2D eigenvalue weighted by Gasteiger charge is 2.16. The maximum atomic E-state index is 12.2. The molecule has 0 saturated heterocycles. The van der Waals surface area contributed by atoms with Gasteiger partial charge in [-0.15, -0.1) is 0 Å². The Bertz CT molecular complexity index is 542. The van der Waals surface area contributed by atoms with E-state index in [2.05, 4.69) is 10.1 Å². The molecule has 0 saturated carbocycles. The van der Waals surface area contributed by atoms with Crippen molar-refractivity contribution in [2.75, 3.05) is 7.11 Å². The van der Waals surface area contributed by atoms with Crippen molar-refractivity contribution in [3.05, 3.63) is 29.8 Å². The van der Waals surface area contributed by atoms with Crippen LogP contribution >= 0.6 is 0 Å². The van der Waals surface area contributed by atoms with Gasteiger partial charge in [-0.3, -0.25) is 4.79 Å². The zero-order valence-electron chi connectivity index (χ0n) is 13.2. The van der Waals surface area contributed by atoms with Crippen LogP contribution < -0.4 is 14.8 Å². The monoisotopic (exact) mass is 313 g/mol. The summed E-state index contributed by atoms with van der Waals surface area (Å²) >= 11 is 0. The van der Waals surface area contributed by atoms with Gasteiger partial charge in [0.05, 0.1) is 7.11 Å². The zero-order valence-corrected chi connectivity index (χ0v) is 13.2. The lowest BCUT2D eigenvalue weighted by Gasteiger charge is -2.23. The van der Waals surface area contributed by atoms with Gasteiger partial charge in [-0.05, 0) is 44.0 Å². The third-order valence-electron chi connectivity index (χ3n) is 3.18. The van der Waals surface area contributed by atoms with E-state index in [4.69, 9.17) is 4.74 Å². The third-order valence-corrected chi connectivity index (χ3v) is 3.18. The zero-order chi connectivity index (χ0) is 16.8. The third kappa shape index (κ3) is 5.71. The van der Waals surface area contributed by atoms with Crippen molar-refractivity contribution >= 4 is 12.0 Å². The van der Waals surface area contributed by atoms with Gasteiger partial charge in [0, 0.05) is 11.6 Å². The second-order valence-corrected chi connectivity index (χ2v) is 5.35. The highest BCUT2D eigenvalue weighted by molar-refractivity contribution is 5.92. The van der Waals surface area contributed by atoms with Gasteiger partial charge in [-0.25, -0.2) is 0 Å². The Hall–Kier alpha value is -2.11. The lowest BCUT2D eigenvalue weighted by Crippen LogP contribution is -2.41. The van der Waals surface area contributed by atoms with Crippen LogP contribution in [0, 0.1) is 0 Å². The van der Waals surface area contributed by atoms with Crippen LogP contribution in [0.4, 0.5) is 8.78 Å². The van der Waals surface area contributed by atoms with Gasteiger partial charge in [-0.2, -0.15) is 8.78 Å². The van der Waals surface area contributed by atoms with Crippen molar-refractivity contribution < 1.29 is 23.0 Å². The Balaban J connectivity index is 2.81. The van der Waals surface area contributed by atoms with Crippen molar-refractivity contribution in [2.24, 2.45) is 0 Å². The van der Waals surface area contributed by atoms with Crippen LogP contribution in [-0.4, -0.2) is 25.2 Å². The standard InChI is InChI=1S/C16H21F2NO3/c1-5-16(2,3)19-14(20)9-7-11-6-8-12(22-15(17)18)13(10-11)21-4/h6-10,15H,5H2,1-4H3,(H,19,20)/b9-7+. The van der Waals surface area contributed by atoms with E-state index < -0.39 is 6.61 Å². The minimum atomic E-state index is -2.92. The minimum absolute atomic E-state index is 0.0498. The number of carbonyl (C=O) groups excluding carboxylic acids is 1. The second kappa shape index (κ2) is 7.77. The largest absolute Gasteiger partial charge is 0.493 e. The summed E-state index contributed by atoms with van der Waals surface area (Å²) in [6, 6.07) is 4.46. The Morgan fingerprint density at radius 2 is 2.05 bits per heavy atom. The number of rotatable bonds is 7. The van der Waals surface area contributed by atoms with E-state index in [0.29, 0.717) is 5.56 Å². The molecule has 0 heterocycles. The number of carbonyl (C=O) groups is 1. The highest BCUT2D eigenvalue weighted by atomic mass is 19.3. The molecular weight excluding hydrogens is 292 g/mol. The summed E-state index contributed by atoms with van der Waals surface area (Å²) in [5.74, 6) is -0.0957. The van der Waals surface area contributed by atoms with Crippen LogP contribution in [0.3, 0.4) is 0 Å². The summed E-state index contributed by atoms with van der Waals surface area (Å²) in [7, 11) is 1.36. The van der Waals surface area contributed by atoms with Crippen LogP contribution in [0.15, 0.2) is 24.3 Å². The van der Waals surface area contributed by atoms with E-state index in [-0.39, 0.29) is 22.9 Å². The Morgan fingerprint density at radius 1 is 1.36 bits per heavy atom. The van der Waals surface area contributed by atoms with E-state index in [9.17, 15) is 13.6 Å². The fraction of sp³-hybridized carbons (Fsp3) is 0.438. The number of hydrogen-bond donors (Lipinski definition) is 1. The molecule has 0 aliphatic carbocycles. The van der Waals surface area contributed by atoms with E-state index in [1.807, 2.05) is 20.8 Å². The fourth-order valence-electron chi connectivity index (χ4n) is 1.62. The van der Waals surface area contributed by atoms with E-state index in [1.165, 1.54) is 25.3 Å². The molecule has 4 nitrogen and oxygen atoms in total. The first-order valence-corrected chi connectivity index (χ1v) is 6.90. The molecule has 0 spiro atoms.